The van der Waals surface area contributed by atoms with Gasteiger partial charge in [-0.3, -0.25) is 9.69 Å². The highest BCUT2D eigenvalue weighted by Crippen LogP contribution is 2.22. The fraction of sp³-hybridized carbons (Fsp3) is 0.381. The second-order valence-corrected chi connectivity index (χ2v) is 7.29. The summed E-state index contributed by atoms with van der Waals surface area (Å²) in [5.74, 6) is -4.79. The minimum absolute atomic E-state index is 0.0419. The molecule has 8 heteroatoms. The molecule has 0 radical (unpaired) electrons. The van der Waals surface area contributed by atoms with Crippen LogP contribution in [0.4, 0.5) is 17.6 Å². The number of hydrogen-bond donors (Lipinski definition) is 0. The molecule has 1 amide bonds. The summed E-state index contributed by atoms with van der Waals surface area (Å²) in [6.45, 7) is 5.06. The van der Waals surface area contributed by atoms with Gasteiger partial charge in [-0.15, -0.1) is 0 Å². The Labute approximate surface area is 166 Å². The molecular formula is C21H22F4N2O2. The fourth-order valence-electron chi connectivity index (χ4n) is 3.43. The molecule has 0 spiro atoms. The Morgan fingerprint density at radius 2 is 1.62 bits per heavy atom. The van der Waals surface area contributed by atoms with Crippen molar-refractivity contribution in [2.24, 2.45) is 0 Å². The first-order valence-corrected chi connectivity index (χ1v) is 9.30. The maximum atomic E-state index is 13.7. The molecule has 0 saturated carbocycles. The van der Waals surface area contributed by atoms with Gasteiger partial charge in [0.25, 0.3) is 5.91 Å². The number of hydrogen-bond acceptors (Lipinski definition) is 3. The average molecular weight is 410 g/mol. The van der Waals surface area contributed by atoms with E-state index >= 15 is 0 Å². The quantitative estimate of drug-likeness (QED) is 0.556. The number of carbonyl (C=O) groups is 1. The summed E-state index contributed by atoms with van der Waals surface area (Å²) in [6, 6.07) is 7.18. The first-order valence-electron chi connectivity index (χ1n) is 9.30. The van der Waals surface area contributed by atoms with Gasteiger partial charge in [0.15, 0.2) is 29.8 Å². The van der Waals surface area contributed by atoms with Crippen molar-refractivity contribution >= 4 is 5.91 Å². The number of benzene rings is 2. The molecule has 156 valence electrons. The first kappa shape index (κ1) is 21.1. The zero-order valence-electron chi connectivity index (χ0n) is 16.2. The summed E-state index contributed by atoms with van der Waals surface area (Å²) in [6.07, 6.45) is 0. The zero-order valence-corrected chi connectivity index (χ0v) is 16.2. The van der Waals surface area contributed by atoms with Gasteiger partial charge in [-0.1, -0.05) is 12.1 Å². The first-order chi connectivity index (χ1) is 13.7. The van der Waals surface area contributed by atoms with Crippen molar-refractivity contribution in [1.82, 2.24) is 9.80 Å². The van der Waals surface area contributed by atoms with Crippen LogP contribution in [-0.4, -0.2) is 47.5 Å². The number of carbonyl (C=O) groups excluding carboxylic acids is 1. The standard InChI is InChI=1S/C21H22F4N2O2/c1-13-10-27(14(2)9-26(13)11-15-3-5-16(22)6-4-15)21(28)12-29-20-8-18(24)17(23)7-19(20)25/h3-8,13-14H,9-12H2,1-2H3. The van der Waals surface area contributed by atoms with E-state index in [9.17, 15) is 22.4 Å². The molecule has 1 saturated heterocycles. The number of ether oxygens (including phenoxy) is 1. The fourth-order valence-corrected chi connectivity index (χ4v) is 3.43. The molecule has 29 heavy (non-hydrogen) atoms. The van der Waals surface area contributed by atoms with Gasteiger partial charge in [0.2, 0.25) is 0 Å². The van der Waals surface area contributed by atoms with Crippen molar-refractivity contribution in [3.05, 3.63) is 65.2 Å². The number of halogens is 4. The SMILES string of the molecule is CC1CN(C(=O)COc2cc(F)c(F)cc2F)C(C)CN1Cc1ccc(F)cc1. The van der Waals surface area contributed by atoms with E-state index in [0.717, 1.165) is 5.56 Å². The van der Waals surface area contributed by atoms with Crippen LogP contribution >= 0.6 is 0 Å². The van der Waals surface area contributed by atoms with E-state index in [1.807, 2.05) is 13.8 Å². The van der Waals surface area contributed by atoms with Crippen LogP contribution < -0.4 is 4.74 Å². The van der Waals surface area contributed by atoms with E-state index < -0.39 is 29.8 Å². The third-order valence-electron chi connectivity index (χ3n) is 5.06. The lowest BCUT2D eigenvalue weighted by Crippen LogP contribution is -2.58. The van der Waals surface area contributed by atoms with Crippen LogP contribution in [0.2, 0.25) is 0 Å². The van der Waals surface area contributed by atoms with Gasteiger partial charge in [-0.25, -0.2) is 17.6 Å². The van der Waals surface area contributed by atoms with Crippen molar-refractivity contribution in [1.29, 1.82) is 0 Å². The van der Waals surface area contributed by atoms with E-state index in [1.54, 1.807) is 17.0 Å². The highest BCUT2D eigenvalue weighted by Gasteiger charge is 2.32. The van der Waals surface area contributed by atoms with Crippen LogP contribution in [0.25, 0.3) is 0 Å². The van der Waals surface area contributed by atoms with E-state index in [1.165, 1.54) is 12.1 Å². The molecule has 0 aromatic heterocycles. The Hall–Kier alpha value is -2.61. The Balaban J connectivity index is 1.58. The predicted molar refractivity (Wildman–Crippen MR) is 99.3 cm³/mol. The molecule has 4 nitrogen and oxygen atoms in total. The summed E-state index contributed by atoms with van der Waals surface area (Å²) < 4.78 is 58.1. The Kier molecular flexibility index (Phi) is 6.42. The topological polar surface area (TPSA) is 32.8 Å². The van der Waals surface area contributed by atoms with Gasteiger partial charge in [0.1, 0.15) is 5.82 Å². The monoisotopic (exact) mass is 410 g/mol. The average Bonchev–Trinajstić information content (AvgIpc) is 2.67. The predicted octanol–water partition coefficient (Wildman–Crippen LogP) is 3.74. The van der Waals surface area contributed by atoms with E-state index in [4.69, 9.17) is 4.74 Å². The normalized spacial score (nSPS) is 20.0. The van der Waals surface area contributed by atoms with Crippen LogP contribution in [0.3, 0.4) is 0 Å². The van der Waals surface area contributed by atoms with Crippen LogP contribution in [0.5, 0.6) is 5.75 Å². The van der Waals surface area contributed by atoms with E-state index in [2.05, 4.69) is 4.90 Å². The lowest BCUT2D eigenvalue weighted by Gasteiger charge is -2.44. The summed E-state index contributed by atoms with van der Waals surface area (Å²) >= 11 is 0. The largest absolute Gasteiger partial charge is 0.481 e. The van der Waals surface area contributed by atoms with Crippen molar-refractivity contribution < 1.29 is 27.1 Å². The van der Waals surface area contributed by atoms with Crippen molar-refractivity contribution in [2.75, 3.05) is 19.7 Å². The lowest BCUT2D eigenvalue weighted by atomic mass is 10.1. The molecule has 2 aromatic rings. The molecule has 1 fully saturated rings. The summed E-state index contributed by atoms with van der Waals surface area (Å²) in [4.78, 5) is 16.4. The van der Waals surface area contributed by atoms with Gasteiger partial charge in [0, 0.05) is 43.9 Å². The molecule has 0 N–H and O–H groups in total. The Morgan fingerprint density at radius 1 is 0.966 bits per heavy atom. The Bertz CT molecular complexity index is 876. The van der Waals surface area contributed by atoms with Crippen molar-refractivity contribution in [3.8, 4) is 5.75 Å². The molecular weight excluding hydrogens is 388 g/mol. The number of nitrogens with zero attached hydrogens (tertiary/aromatic N) is 2. The maximum absolute atomic E-state index is 13.7. The van der Waals surface area contributed by atoms with Crippen LogP contribution in [0.15, 0.2) is 36.4 Å². The third-order valence-corrected chi connectivity index (χ3v) is 5.06. The summed E-state index contributed by atoms with van der Waals surface area (Å²) in [5, 5.41) is 0. The van der Waals surface area contributed by atoms with Crippen LogP contribution in [0.1, 0.15) is 19.4 Å². The third kappa shape index (κ3) is 5.06. The molecule has 1 aliphatic heterocycles. The van der Waals surface area contributed by atoms with Crippen molar-refractivity contribution in [2.45, 2.75) is 32.5 Å². The molecule has 3 rings (SSSR count). The summed E-state index contributed by atoms with van der Waals surface area (Å²) in [7, 11) is 0. The van der Waals surface area contributed by atoms with E-state index in [0.29, 0.717) is 31.8 Å². The van der Waals surface area contributed by atoms with Crippen LogP contribution in [0, 0.1) is 23.3 Å². The number of piperazine rings is 1. The van der Waals surface area contributed by atoms with Gasteiger partial charge in [0.05, 0.1) is 0 Å². The molecule has 2 atom stereocenters. The summed E-state index contributed by atoms with van der Waals surface area (Å²) in [5.41, 5.74) is 0.974. The second kappa shape index (κ2) is 8.82. The number of rotatable bonds is 5. The van der Waals surface area contributed by atoms with Gasteiger partial charge in [-0.05, 0) is 31.5 Å². The van der Waals surface area contributed by atoms with Crippen LogP contribution in [-0.2, 0) is 11.3 Å². The molecule has 0 aliphatic carbocycles. The molecule has 0 bridgehead atoms. The number of amides is 1. The molecule has 2 unspecified atom stereocenters. The lowest BCUT2D eigenvalue weighted by molar-refractivity contribution is -0.139. The minimum atomic E-state index is -1.32. The van der Waals surface area contributed by atoms with Gasteiger partial charge < -0.3 is 9.64 Å². The van der Waals surface area contributed by atoms with E-state index in [-0.39, 0.29) is 23.8 Å². The maximum Gasteiger partial charge on any atom is 0.260 e. The smallest absolute Gasteiger partial charge is 0.260 e. The highest BCUT2D eigenvalue weighted by atomic mass is 19.2. The molecule has 1 heterocycles. The zero-order chi connectivity index (χ0) is 21.1. The molecule has 2 aromatic carbocycles. The minimum Gasteiger partial charge on any atom is -0.481 e. The molecule has 1 aliphatic rings. The Morgan fingerprint density at radius 3 is 2.31 bits per heavy atom. The van der Waals surface area contributed by atoms with Crippen molar-refractivity contribution in [3.63, 3.8) is 0 Å². The second-order valence-electron chi connectivity index (χ2n) is 7.29. The van der Waals surface area contributed by atoms with Gasteiger partial charge >= 0.3 is 0 Å². The highest BCUT2D eigenvalue weighted by molar-refractivity contribution is 5.78. The van der Waals surface area contributed by atoms with Gasteiger partial charge in [-0.2, -0.15) is 0 Å².